The van der Waals surface area contributed by atoms with Crippen molar-refractivity contribution in [3.05, 3.63) is 11.6 Å². The van der Waals surface area contributed by atoms with Gasteiger partial charge in [-0.2, -0.15) is 13.2 Å². The number of carbonyl (C=O) groups excluding carboxylic acids is 1. The Morgan fingerprint density at radius 3 is 2.79 bits per heavy atom. The topological polar surface area (TPSA) is 58.6 Å². The lowest BCUT2D eigenvalue weighted by molar-refractivity contribution is -0.265. The molecule has 1 heterocycles. The Morgan fingerprint density at radius 2 is 2.26 bits per heavy atom. The van der Waals surface area contributed by atoms with Crippen LogP contribution in [0.3, 0.4) is 0 Å². The summed E-state index contributed by atoms with van der Waals surface area (Å²) in [5.41, 5.74) is -2.33. The molecular weight excluding hydrogens is 263 g/mol. The van der Waals surface area contributed by atoms with Gasteiger partial charge in [0.2, 0.25) is 5.60 Å². The van der Waals surface area contributed by atoms with Crippen LogP contribution in [-0.4, -0.2) is 43.1 Å². The van der Waals surface area contributed by atoms with E-state index in [1.54, 1.807) is 6.08 Å². The molecule has 19 heavy (non-hydrogen) atoms. The van der Waals surface area contributed by atoms with Crippen LogP contribution in [-0.2, 0) is 9.53 Å². The molecule has 0 bridgehead atoms. The lowest BCUT2D eigenvalue weighted by Crippen LogP contribution is -2.58. The Morgan fingerprint density at radius 1 is 1.58 bits per heavy atom. The summed E-state index contributed by atoms with van der Waals surface area (Å²) in [6.07, 6.45) is -2.61. The highest BCUT2D eigenvalue weighted by Crippen LogP contribution is 2.41. The van der Waals surface area contributed by atoms with Gasteiger partial charge in [-0.1, -0.05) is 11.6 Å². The van der Waals surface area contributed by atoms with Gasteiger partial charge in [-0.3, -0.25) is 4.79 Å². The number of rotatable bonds is 3. The molecular formula is C12H18F3NO3. The van der Waals surface area contributed by atoms with Crippen molar-refractivity contribution in [2.75, 3.05) is 20.3 Å². The molecule has 4 nitrogen and oxygen atoms in total. The van der Waals surface area contributed by atoms with Crippen molar-refractivity contribution < 1.29 is 27.8 Å². The minimum absolute atomic E-state index is 0.122. The van der Waals surface area contributed by atoms with Crippen molar-refractivity contribution >= 4 is 5.91 Å². The number of hydrogen-bond donors (Lipinski definition) is 2. The standard InChI is InChI=1S/C12H18F3NO3/c1-16-10(18)11(12(13,14)15)8-9(4-2-6-17)5-3-7-19-11/h4,17H,2-3,5-8H2,1H3,(H,16,18)/b9-4+/t11-/m0/s1. The lowest BCUT2D eigenvalue weighted by Gasteiger charge is -2.32. The Bertz CT molecular complexity index is 355. The summed E-state index contributed by atoms with van der Waals surface area (Å²) in [6.45, 7) is -0.257. The predicted octanol–water partition coefficient (Wildman–Crippen LogP) is 1.54. The van der Waals surface area contributed by atoms with Crippen molar-refractivity contribution in [1.29, 1.82) is 0 Å². The second kappa shape index (κ2) is 6.38. The highest BCUT2D eigenvalue weighted by Gasteiger charge is 2.62. The SMILES string of the molecule is CNC(=O)[C@]1(C(F)(F)F)C/C(=C/CCO)CCCO1. The van der Waals surface area contributed by atoms with Crippen LogP contribution in [0.5, 0.6) is 0 Å². The van der Waals surface area contributed by atoms with Crippen LogP contribution in [0.2, 0.25) is 0 Å². The number of aliphatic hydroxyl groups is 1. The van der Waals surface area contributed by atoms with Crippen LogP contribution in [0.25, 0.3) is 0 Å². The molecule has 1 fully saturated rings. The Balaban J connectivity index is 3.10. The van der Waals surface area contributed by atoms with Crippen LogP contribution >= 0.6 is 0 Å². The average Bonchev–Trinajstić information content (AvgIpc) is 2.58. The number of amides is 1. The van der Waals surface area contributed by atoms with Crippen molar-refractivity contribution in [3.8, 4) is 0 Å². The number of aliphatic hydroxyl groups excluding tert-OH is 1. The van der Waals surface area contributed by atoms with E-state index in [9.17, 15) is 18.0 Å². The normalized spacial score (nSPS) is 27.1. The molecule has 1 aliphatic rings. The fraction of sp³-hybridized carbons (Fsp3) is 0.750. The predicted molar refractivity (Wildman–Crippen MR) is 62.4 cm³/mol. The average molecular weight is 281 g/mol. The van der Waals surface area contributed by atoms with Gasteiger partial charge in [0, 0.05) is 26.7 Å². The molecule has 110 valence electrons. The molecule has 7 heteroatoms. The number of likely N-dealkylation sites (N-methyl/N-ethyl adjacent to an activating group) is 1. The summed E-state index contributed by atoms with van der Waals surface area (Å²) in [6, 6.07) is 0. The maximum Gasteiger partial charge on any atom is 0.426 e. The fourth-order valence-corrected chi connectivity index (χ4v) is 2.11. The van der Waals surface area contributed by atoms with E-state index in [-0.39, 0.29) is 19.6 Å². The maximum atomic E-state index is 13.2. The molecule has 1 saturated heterocycles. The van der Waals surface area contributed by atoms with E-state index >= 15 is 0 Å². The third-order valence-corrected chi connectivity index (χ3v) is 3.08. The zero-order valence-electron chi connectivity index (χ0n) is 10.7. The second-order valence-corrected chi connectivity index (χ2v) is 4.41. The first-order chi connectivity index (χ1) is 8.87. The van der Waals surface area contributed by atoms with Gasteiger partial charge in [0.15, 0.2) is 0 Å². The van der Waals surface area contributed by atoms with Gasteiger partial charge < -0.3 is 15.2 Å². The zero-order chi connectivity index (χ0) is 14.5. The van der Waals surface area contributed by atoms with Gasteiger partial charge in [-0.05, 0) is 19.3 Å². The summed E-state index contributed by atoms with van der Waals surface area (Å²) in [7, 11) is 1.15. The van der Waals surface area contributed by atoms with E-state index in [1.165, 1.54) is 0 Å². The minimum atomic E-state index is -4.78. The van der Waals surface area contributed by atoms with Gasteiger partial charge >= 0.3 is 6.18 Å². The van der Waals surface area contributed by atoms with Crippen LogP contribution in [0, 0.1) is 0 Å². The monoisotopic (exact) mass is 281 g/mol. The lowest BCUT2D eigenvalue weighted by atomic mass is 9.91. The number of carbonyl (C=O) groups is 1. The summed E-state index contributed by atoms with van der Waals surface area (Å²) in [5, 5.41) is 10.8. The summed E-state index contributed by atoms with van der Waals surface area (Å²) in [5.74, 6) is -1.18. The number of alkyl halides is 3. The molecule has 2 N–H and O–H groups in total. The fourth-order valence-electron chi connectivity index (χ4n) is 2.11. The molecule has 0 spiro atoms. The minimum Gasteiger partial charge on any atom is -0.396 e. The van der Waals surface area contributed by atoms with Crippen molar-refractivity contribution in [1.82, 2.24) is 5.32 Å². The zero-order valence-corrected chi connectivity index (χ0v) is 10.7. The van der Waals surface area contributed by atoms with E-state index < -0.39 is 24.1 Å². The molecule has 1 atom stereocenters. The van der Waals surface area contributed by atoms with Crippen LogP contribution in [0.4, 0.5) is 13.2 Å². The maximum absolute atomic E-state index is 13.2. The van der Waals surface area contributed by atoms with Gasteiger partial charge in [-0.15, -0.1) is 0 Å². The highest BCUT2D eigenvalue weighted by molar-refractivity contribution is 5.86. The van der Waals surface area contributed by atoms with Gasteiger partial charge in [-0.25, -0.2) is 0 Å². The largest absolute Gasteiger partial charge is 0.426 e. The van der Waals surface area contributed by atoms with Crippen molar-refractivity contribution in [2.45, 2.75) is 37.5 Å². The van der Waals surface area contributed by atoms with E-state index in [0.29, 0.717) is 18.4 Å². The van der Waals surface area contributed by atoms with Crippen LogP contribution in [0.15, 0.2) is 11.6 Å². The first kappa shape index (κ1) is 16.0. The molecule has 0 aliphatic carbocycles. The van der Waals surface area contributed by atoms with E-state index in [0.717, 1.165) is 7.05 Å². The molecule has 0 unspecified atom stereocenters. The molecule has 0 radical (unpaired) electrons. The Kier molecular flexibility index (Phi) is 5.37. The summed E-state index contributed by atoms with van der Waals surface area (Å²) in [4.78, 5) is 11.7. The van der Waals surface area contributed by atoms with Crippen molar-refractivity contribution in [3.63, 3.8) is 0 Å². The molecule has 0 aromatic carbocycles. The number of ether oxygens (including phenoxy) is 1. The van der Waals surface area contributed by atoms with Crippen LogP contribution < -0.4 is 5.32 Å². The van der Waals surface area contributed by atoms with Gasteiger partial charge in [0.25, 0.3) is 5.91 Å². The summed E-state index contributed by atoms with van der Waals surface area (Å²) >= 11 is 0. The van der Waals surface area contributed by atoms with Gasteiger partial charge in [0.05, 0.1) is 0 Å². The number of nitrogens with one attached hydrogen (secondary N) is 1. The summed E-state index contributed by atoms with van der Waals surface area (Å²) < 4.78 is 44.6. The van der Waals surface area contributed by atoms with Crippen molar-refractivity contribution in [2.24, 2.45) is 0 Å². The van der Waals surface area contributed by atoms with Gasteiger partial charge in [0.1, 0.15) is 0 Å². The molecule has 0 aromatic heterocycles. The van der Waals surface area contributed by atoms with E-state index in [4.69, 9.17) is 9.84 Å². The second-order valence-electron chi connectivity index (χ2n) is 4.41. The van der Waals surface area contributed by atoms with E-state index in [1.807, 2.05) is 5.32 Å². The molecule has 0 saturated carbocycles. The Hall–Kier alpha value is -1.08. The quantitative estimate of drug-likeness (QED) is 0.772. The third-order valence-electron chi connectivity index (χ3n) is 3.08. The smallest absolute Gasteiger partial charge is 0.396 e. The number of halogens is 3. The van der Waals surface area contributed by atoms with Crippen LogP contribution in [0.1, 0.15) is 25.7 Å². The van der Waals surface area contributed by atoms with E-state index in [2.05, 4.69) is 0 Å². The number of hydrogen-bond acceptors (Lipinski definition) is 3. The highest BCUT2D eigenvalue weighted by atomic mass is 19.4. The Labute approximate surface area is 109 Å². The molecule has 1 amide bonds. The third kappa shape index (κ3) is 3.48. The first-order valence-electron chi connectivity index (χ1n) is 6.09. The molecule has 1 rings (SSSR count). The first-order valence-corrected chi connectivity index (χ1v) is 6.09. The molecule has 0 aromatic rings. The molecule has 1 aliphatic heterocycles.